The minimum absolute atomic E-state index is 0.0511. The SMILES string of the molecule is Nc1cc(F)c(SCC2CCC3(CCCC3)O2)c(F)c1. The Hall–Kier alpha value is -0.810. The molecule has 1 aromatic rings. The molecule has 0 amide bonds. The van der Waals surface area contributed by atoms with Crippen molar-refractivity contribution in [2.45, 2.75) is 55.1 Å². The minimum Gasteiger partial charge on any atom is -0.399 e. The average molecular weight is 299 g/mol. The van der Waals surface area contributed by atoms with E-state index in [0.29, 0.717) is 5.75 Å². The molecule has 0 bridgehead atoms. The number of halogens is 2. The van der Waals surface area contributed by atoms with Crippen LogP contribution in [0.25, 0.3) is 0 Å². The van der Waals surface area contributed by atoms with Crippen molar-refractivity contribution in [2.75, 3.05) is 11.5 Å². The summed E-state index contributed by atoms with van der Waals surface area (Å²) in [6.07, 6.45) is 6.94. The lowest BCUT2D eigenvalue weighted by molar-refractivity contribution is -0.0267. The molecule has 1 spiro atoms. The zero-order valence-electron chi connectivity index (χ0n) is 11.3. The molecule has 1 aliphatic carbocycles. The summed E-state index contributed by atoms with van der Waals surface area (Å²) < 4.78 is 33.5. The van der Waals surface area contributed by atoms with E-state index in [-0.39, 0.29) is 22.3 Å². The highest BCUT2D eigenvalue weighted by Gasteiger charge is 2.42. The van der Waals surface area contributed by atoms with Crippen LogP contribution in [-0.2, 0) is 4.74 Å². The van der Waals surface area contributed by atoms with Gasteiger partial charge in [-0.15, -0.1) is 11.8 Å². The lowest BCUT2D eigenvalue weighted by Gasteiger charge is -2.23. The quantitative estimate of drug-likeness (QED) is 0.673. The molecule has 1 atom stereocenters. The largest absolute Gasteiger partial charge is 0.399 e. The second-order valence-electron chi connectivity index (χ2n) is 5.79. The number of anilines is 1. The van der Waals surface area contributed by atoms with Crippen molar-refractivity contribution < 1.29 is 13.5 Å². The normalized spacial score (nSPS) is 24.6. The van der Waals surface area contributed by atoms with Crippen LogP contribution >= 0.6 is 11.8 Å². The van der Waals surface area contributed by atoms with Crippen molar-refractivity contribution in [2.24, 2.45) is 0 Å². The van der Waals surface area contributed by atoms with Crippen molar-refractivity contribution >= 4 is 17.4 Å². The predicted molar refractivity (Wildman–Crippen MR) is 76.8 cm³/mol. The van der Waals surface area contributed by atoms with Crippen molar-refractivity contribution in [3.8, 4) is 0 Å². The summed E-state index contributed by atoms with van der Waals surface area (Å²) in [4.78, 5) is 0.0511. The Morgan fingerprint density at radius 3 is 2.50 bits per heavy atom. The zero-order valence-corrected chi connectivity index (χ0v) is 12.1. The summed E-state index contributed by atoms with van der Waals surface area (Å²) >= 11 is 1.19. The third kappa shape index (κ3) is 2.79. The highest BCUT2D eigenvalue weighted by Crippen LogP contribution is 2.44. The number of nitrogens with two attached hydrogens (primary N) is 1. The molecule has 1 aromatic carbocycles. The van der Waals surface area contributed by atoms with E-state index in [2.05, 4.69) is 0 Å². The van der Waals surface area contributed by atoms with Gasteiger partial charge >= 0.3 is 0 Å². The van der Waals surface area contributed by atoms with E-state index in [4.69, 9.17) is 10.5 Å². The van der Waals surface area contributed by atoms with Gasteiger partial charge in [-0.25, -0.2) is 8.78 Å². The standard InChI is InChI=1S/C15H19F2NOS/c16-12-7-10(18)8-13(17)14(12)20-9-11-3-6-15(19-11)4-1-2-5-15/h7-8,11H,1-6,9,18H2. The molecule has 0 radical (unpaired) electrons. The second-order valence-corrected chi connectivity index (χ2v) is 6.82. The topological polar surface area (TPSA) is 35.2 Å². The fourth-order valence-electron chi connectivity index (χ4n) is 3.29. The molecule has 2 nitrogen and oxygen atoms in total. The summed E-state index contributed by atoms with van der Waals surface area (Å²) in [5.74, 6) is -0.568. The number of rotatable bonds is 3. The van der Waals surface area contributed by atoms with E-state index in [1.54, 1.807) is 0 Å². The molecule has 5 heteroatoms. The lowest BCUT2D eigenvalue weighted by Crippen LogP contribution is -2.25. The van der Waals surface area contributed by atoms with Crippen LogP contribution in [0.2, 0.25) is 0 Å². The van der Waals surface area contributed by atoms with Gasteiger partial charge in [0.2, 0.25) is 0 Å². The van der Waals surface area contributed by atoms with E-state index >= 15 is 0 Å². The molecule has 2 aliphatic rings. The zero-order chi connectivity index (χ0) is 14.2. The summed E-state index contributed by atoms with van der Waals surface area (Å²) in [7, 11) is 0. The lowest BCUT2D eigenvalue weighted by atomic mass is 9.98. The van der Waals surface area contributed by atoms with Gasteiger partial charge in [-0.3, -0.25) is 0 Å². The van der Waals surface area contributed by atoms with Crippen LogP contribution in [0.15, 0.2) is 17.0 Å². The van der Waals surface area contributed by atoms with Crippen molar-refractivity contribution in [1.29, 1.82) is 0 Å². The minimum atomic E-state index is -0.582. The molecule has 110 valence electrons. The summed E-state index contributed by atoms with van der Waals surface area (Å²) in [6, 6.07) is 2.33. The Labute approximate surface area is 122 Å². The first-order valence-corrected chi connectivity index (χ1v) is 8.12. The molecular formula is C15H19F2NOS. The number of nitrogen functional groups attached to an aromatic ring is 1. The molecule has 1 unspecified atom stereocenters. The van der Waals surface area contributed by atoms with Crippen molar-refractivity contribution in [3.05, 3.63) is 23.8 Å². The monoisotopic (exact) mass is 299 g/mol. The van der Waals surface area contributed by atoms with E-state index in [1.165, 1.54) is 36.7 Å². The average Bonchev–Trinajstić information content (AvgIpc) is 2.99. The van der Waals surface area contributed by atoms with Gasteiger partial charge in [0.1, 0.15) is 11.6 Å². The Kier molecular flexibility index (Phi) is 3.91. The van der Waals surface area contributed by atoms with Gasteiger partial charge in [-0.05, 0) is 37.8 Å². The maximum absolute atomic E-state index is 13.7. The van der Waals surface area contributed by atoms with Crippen molar-refractivity contribution in [3.63, 3.8) is 0 Å². The first-order chi connectivity index (χ1) is 9.58. The van der Waals surface area contributed by atoms with Crippen LogP contribution in [0, 0.1) is 11.6 Å². The number of ether oxygens (including phenoxy) is 1. The van der Waals surface area contributed by atoms with Crippen LogP contribution in [-0.4, -0.2) is 17.5 Å². The molecule has 0 aromatic heterocycles. The fraction of sp³-hybridized carbons (Fsp3) is 0.600. The first kappa shape index (κ1) is 14.1. The molecule has 2 fully saturated rings. The molecule has 1 saturated heterocycles. The van der Waals surface area contributed by atoms with Crippen LogP contribution < -0.4 is 5.73 Å². The highest BCUT2D eigenvalue weighted by atomic mass is 32.2. The molecule has 2 N–H and O–H groups in total. The Bertz CT molecular complexity index is 480. The maximum Gasteiger partial charge on any atom is 0.141 e. The molecular weight excluding hydrogens is 280 g/mol. The van der Waals surface area contributed by atoms with Crippen LogP contribution in [0.4, 0.5) is 14.5 Å². The predicted octanol–water partition coefficient (Wildman–Crippen LogP) is 4.13. The van der Waals surface area contributed by atoms with E-state index in [1.807, 2.05) is 0 Å². The van der Waals surface area contributed by atoms with Gasteiger partial charge in [0.25, 0.3) is 0 Å². The van der Waals surface area contributed by atoms with Gasteiger partial charge in [0.15, 0.2) is 0 Å². The van der Waals surface area contributed by atoms with E-state index in [0.717, 1.165) is 25.7 Å². The van der Waals surface area contributed by atoms with Crippen molar-refractivity contribution in [1.82, 2.24) is 0 Å². The van der Waals surface area contributed by atoms with Crippen LogP contribution in [0.5, 0.6) is 0 Å². The Morgan fingerprint density at radius 1 is 1.20 bits per heavy atom. The molecule has 1 heterocycles. The van der Waals surface area contributed by atoms with Gasteiger partial charge in [0, 0.05) is 11.4 Å². The maximum atomic E-state index is 13.7. The molecule has 1 aliphatic heterocycles. The van der Waals surface area contributed by atoms with Crippen LogP contribution in [0.3, 0.4) is 0 Å². The van der Waals surface area contributed by atoms with Crippen LogP contribution in [0.1, 0.15) is 38.5 Å². The Balaban J connectivity index is 1.61. The third-order valence-corrected chi connectivity index (χ3v) is 5.50. The van der Waals surface area contributed by atoms with Gasteiger partial charge in [0.05, 0.1) is 16.6 Å². The fourth-order valence-corrected chi connectivity index (χ4v) is 4.27. The summed E-state index contributed by atoms with van der Waals surface area (Å²) in [6.45, 7) is 0. The van der Waals surface area contributed by atoms with Gasteiger partial charge in [-0.2, -0.15) is 0 Å². The van der Waals surface area contributed by atoms with E-state index < -0.39 is 11.6 Å². The van der Waals surface area contributed by atoms with Gasteiger partial charge < -0.3 is 10.5 Å². The number of thioether (sulfide) groups is 1. The summed E-state index contributed by atoms with van der Waals surface area (Å²) in [5.41, 5.74) is 5.60. The molecule has 1 saturated carbocycles. The second kappa shape index (κ2) is 5.53. The molecule has 3 rings (SSSR count). The van der Waals surface area contributed by atoms with Gasteiger partial charge in [-0.1, -0.05) is 12.8 Å². The smallest absolute Gasteiger partial charge is 0.141 e. The van der Waals surface area contributed by atoms with E-state index in [9.17, 15) is 8.78 Å². The number of hydrogen-bond donors (Lipinski definition) is 1. The Morgan fingerprint density at radius 2 is 1.85 bits per heavy atom. The third-order valence-electron chi connectivity index (χ3n) is 4.29. The number of benzene rings is 1. The molecule has 20 heavy (non-hydrogen) atoms. The first-order valence-electron chi connectivity index (χ1n) is 7.13. The highest BCUT2D eigenvalue weighted by molar-refractivity contribution is 7.99. The summed E-state index contributed by atoms with van der Waals surface area (Å²) in [5, 5.41) is 0. The number of hydrogen-bond acceptors (Lipinski definition) is 3.